The van der Waals surface area contributed by atoms with Gasteiger partial charge in [-0.2, -0.15) is 5.11 Å². The molecule has 0 heterocycles. The number of nitro groups is 1. The molecule has 11 nitrogen and oxygen atoms in total. The van der Waals surface area contributed by atoms with Crippen LogP contribution in [0.1, 0.15) is 33.6 Å². The highest BCUT2D eigenvalue weighted by molar-refractivity contribution is 14.1. The van der Waals surface area contributed by atoms with Crippen molar-refractivity contribution < 1.29 is 28.7 Å². The molecular weight excluding hydrogens is 715 g/mol. The highest BCUT2D eigenvalue weighted by Crippen LogP contribution is 2.33. The standard InChI is InChI=1S/C35H31IN4O7/c1-2-3-7-22-45-33-25-31(40(43)44)18-19-32(33)38-37-29-14-16-30(17-15-29)39(20-23-46-34(41)26-8-5-4-6-9-26)21-24-47-35(42)27-10-12-28(36)13-11-27/h1,4-6,8-19,25H,3,7,20-24H2. The SMILES string of the molecule is C#CCCCOc1cc([N+](=O)[O-])ccc1N=Nc1ccc(N(CCOC(=O)c2ccccc2)CCOC(=O)c2ccc(I)cc2)cc1. The van der Waals surface area contributed by atoms with Gasteiger partial charge in [-0.05, 0) is 95.7 Å². The fourth-order valence-corrected chi connectivity index (χ4v) is 4.57. The molecule has 240 valence electrons. The van der Waals surface area contributed by atoms with Crippen molar-refractivity contribution in [3.8, 4) is 18.1 Å². The third-order valence-corrected chi connectivity index (χ3v) is 7.36. The number of esters is 2. The zero-order valence-electron chi connectivity index (χ0n) is 25.3. The smallest absolute Gasteiger partial charge is 0.338 e. The fourth-order valence-electron chi connectivity index (χ4n) is 4.21. The van der Waals surface area contributed by atoms with Gasteiger partial charge in [-0.25, -0.2) is 9.59 Å². The maximum absolute atomic E-state index is 12.5. The number of halogens is 1. The number of nitro benzene ring substituents is 1. The number of rotatable bonds is 16. The number of hydrogen-bond donors (Lipinski definition) is 0. The van der Waals surface area contributed by atoms with Gasteiger partial charge in [0.05, 0.1) is 47.5 Å². The van der Waals surface area contributed by atoms with Crippen molar-refractivity contribution in [2.45, 2.75) is 12.8 Å². The number of carbonyl (C=O) groups excluding carboxylic acids is 2. The van der Waals surface area contributed by atoms with Crippen LogP contribution in [0.3, 0.4) is 0 Å². The van der Waals surface area contributed by atoms with E-state index in [0.29, 0.717) is 48.4 Å². The van der Waals surface area contributed by atoms with Gasteiger partial charge in [0.1, 0.15) is 18.9 Å². The Morgan fingerprint density at radius 3 is 2.09 bits per heavy atom. The number of azo groups is 1. The number of non-ortho nitro benzene ring substituents is 1. The van der Waals surface area contributed by atoms with Crippen molar-refractivity contribution in [1.82, 2.24) is 0 Å². The average molecular weight is 747 g/mol. The topological polar surface area (TPSA) is 133 Å². The van der Waals surface area contributed by atoms with Gasteiger partial charge < -0.3 is 19.1 Å². The van der Waals surface area contributed by atoms with Crippen LogP contribution >= 0.6 is 22.6 Å². The second kappa shape index (κ2) is 18.0. The van der Waals surface area contributed by atoms with E-state index in [4.69, 9.17) is 20.6 Å². The van der Waals surface area contributed by atoms with Gasteiger partial charge in [0.25, 0.3) is 5.69 Å². The zero-order chi connectivity index (χ0) is 33.4. The fraction of sp³-hybridized carbons (Fsp3) is 0.200. The van der Waals surface area contributed by atoms with Gasteiger partial charge in [-0.15, -0.1) is 17.5 Å². The summed E-state index contributed by atoms with van der Waals surface area (Å²) in [5.74, 6) is 1.89. The molecule has 0 saturated carbocycles. The number of nitrogens with zero attached hydrogens (tertiary/aromatic N) is 4. The normalized spacial score (nSPS) is 10.6. The predicted octanol–water partition coefficient (Wildman–Crippen LogP) is 7.93. The van der Waals surface area contributed by atoms with Crippen molar-refractivity contribution in [3.05, 3.63) is 122 Å². The number of ether oxygens (including phenoxy) is 3. The van der Waals surface area contributed by atoms with Crippen LogP contribution in [0, 0.1) is 26.0 Å². The molecule has 0 aliphatic carbocycles. The molecule has 12 heteroatoms. The van der Waals surface area contributed by atoms with E-state index in [-0.39, 0.29) is 31.3 Å². The first-order valence-corrected chi connectivity index (χ1v) is 15.7. The molecule has 0 aliphatic rings. The van der Waals surface area contributed by atoms with E-state index >= 15 is 0 Å². The highest BCUT2D eigenvalue weighted by atomic mass is 127. The van der Waals surface area contributed by atoms with E-state index in [9.17, 15) is 19.7 Å². The van der Waals surface area contributed by atoms with E-state index in [1.54, 1.807) is 48.5 Å². The molecule has 0 aliphatic heterocycles. The Kier molecular flexibility index (Phi) is 13.2. The van der Waals surface area contributed by atoms with E-state index in [1.165, 1.54) is 18.2 Å². The molecule has 0 saturated heterocycles. The summed E-state index contributed by atoms with van der Waals surface area (Å²) < 4.78 is 17.7. The van der Waals surface area contributed by atoms with Crippen molar-refractivity contribution in [1.29, 1.82) is 0 Å². The van der Waals surface area contributed by atoms with Crippen molar-refractivity contribution >= 4 is 57.3 Å². The lowest BCUT2D eigenvalue weighted by molar-refractivity contribution is -0.384. The van der Waals surface area contributed by atoms with Gasteiger partial charge in [0, 0.05) is 21.7 Å². The minimum Gasteiger partial charge on any atom is -0.491 e. The summed E-state index contributed by atoms with van der Waals surface area (Å²) in [5.41, 5.74) is 2.41. The molecule has 0 amide bonds. The van der Waals surface area contributed by atoms with E-state index < -0.39 is 16.9 Å². The average Bonchev–Trinajstić information content (AvgIpc) is 3.09. The molecule has 0 spiro atoms. The summed E-state index contributed by atoms with van der Waals surface area (Å²) >= 11 is 2.17. The Labute approximate surface area is 285 Å². The molecule has 47 heavy (non-hydrogen) atoms. The first-order valence-electron chi connectivity index (χ1n) is 14.6. The minimum atomic E-state index is -0.508. The van der Waals surface area contributed by atoms with Crippen LogP contribution in [0.5, 0.6) is 5.75 Å². The van der Waals surface area contributed by atoms with Crippen LogP contribution in [0.15, 0.2) is 107 Å². The molecule has 4 rings (SSSR count). The second-order valence-corrected chi connectivity index (χ2v) is 11.2. The number of benzene rings is 4. The molecular formula is C35H31IN4O7. The van der Waals surface area contributed by atoms with E-state index in [1.807, 2.05) is 35.2 Å². The second-order valence-electron chi connectivity index (χ2n) is 9.91. The molecule has 0 aromatic heterocycles. The maximum Gasteiger partial charge on any atom is 0.338 e. The number of carbonyl (C=O) groups is 2. The molecule has 4 aromatic carbocycles. The third-order valence-electron chi connectivity index (χ3n) is 6.64. The summed E-state index contributed by atoms with van der Waals surface area (Å²) in [6.45, 7) is 1.15. The first-order chi connectivity index (χ1) is 22.8. The number of unbranched alkanes of at least 4 members (excludes halogenated alkanes) is 1. The largest absolute Gasteiger partial charge is 0.491 e. The van der Waals surface area contributed by atoms with Crippen LogP contribution < -0.4 is 9.64 Å². The van der Waals surface area contributed by atoms with Crippen molar-refractivity contribution in [3.63, 3.8) is 0 Å². The highest BCUT2D eigenvalue weighted by Gasteiger charge is 2.14. The molecule has 0 radical (unpaired) electrons. The van der Waals surface area contributed by atoms with Crippen LogP contribution in [0.4, 0.5) is 22.7 Å². The van der Waals surface area contributed by atoms with Crippen LogP contribution in [0.25, 0.3) is 0 Å². The Morgan fingerprint density at radius 2 is 1.47 bits per heavy atom. The first kappa shape index (κ1) is 34.6. The Hall–Kier alpha value is -5.29. The van der Waals surface area contributed by atoms with Gasteiger partial charge >= 0.3 is 11.9 Å². The molecule has 0 bridgehead atoms. The minimum absolute atomic E-state index is 0.100. The lowest BCUT2D eigenvalue weighted by atomic mass is 10.2. The number of hydrogen-bond acceptors (Lipinski definition) is 10. The summed E-state index contributed by atoms with van der Waals surface area (Å²) in [4.78, 5) is 37.7. The monoisotopic (exact) mass is 746 g/mol. The lowest BCUT2D eigenvalue weighted by Crippen LogP contribution is -2.32. The van der Waals surface area contributed by atoms with Crippen molar-refractivity contribution in [2.75, 3.05) is 37.8 Å². The third kappa shape index (κ3) is 10.9. The van der Waals surface area contributed by atoms with Gasteiger partial charge in [-0.3, -0.25) is 10.1 Å². The predicted molar refractivity (Wildman–Crippen MR) is 186 cm³/mol. The van der Waals surface area contributed by atoms with Crippen LogP contribution in [0.2, 0.25) is 0 Å². The Morgan fingerprint density at radius 1 is 0.830 bits per heavy atom. The summed E-state index contributed by atoms with van der Waals surface area (Å²) in [7, 11) is 0. The maximum atomic E-state index is 12.5. The van der Waals surface area contributed by atoms with Crippen LogP contribution in [-0.2, 0) is 9.47 Å². The molecule has 0 atom stereocenters. The molecule has 0 N–H and O–H groups in total. The quantitative estimate of drug-likeness (QED) is 0.0215. The molecule has 0 fully saturated rings. The zero-order valence-corrected chi connectivity index (χ0v) is 27.4. The lowest BCUT2D eigenvalue weighted by Gasteiger charge is -2.24. The van der Waals surface area contributed by atoms with E-state index in [2.05, 4.69) is 38.7 Å². The van der Waals surface area contributed by atoms with Crippen molar-refractivity contribution in [2.24, 2.45) is 10.2 Å². The summed E-state index contributed by atoms with van der Waals surface area (Å²) in [6, 6.07) is 27.1. The Bertz CT molecular complexity index is 1720. The number of anilines is 1. The van der Waals surface area contributed by atoms with Gasteiger partial charge in [0.15, 0.2) is 5.75 Å². The van der Waals surface area contributed by atoms with Crippen LogP contribution in [-0.4, -0.2) is 49.8 Å². The summed E-state index contributed by atoms with van der Waals surface area (Å²) in [6.07, 6.45) is 6.39. The summed E-state index contributed by atoms with van der Waals surface area (Å²) in [5, 5.41) is 19.8. The van der Waals surface area contributed by atoms with Gasteiger partial charge in [-0.1, -0.05) is 18.2 Å². The van der Waals surface area contributed by atoms with E-state index in [0.717, 1.165) is 9.26 Å². The van der Waals surface area contributed by atoms with Gasteiger partial charge in [0.2, 0.25) is 0 Å². The molecule has 4 aromatic rings. The Balaban J connectivity index is 1.44. The molecule has 0 unspecified atom stereocenters. The number of terminal acetylenes is 1.